The number of halogens is 1. The molecule has 4 aromatic rings. The molecule has 216 valence electrons. The van der Waals surface area contributed by atoms with E-state index < -0.39 is 11.8 Å². The fraction of sp³-hybridized carbons (Fsp3) is 0.226. The van der Waals surface area contributed by atoms with Crippen molar-refractivity contribution in [2.75, 3.05) is 43.5 Å². The van der Waals surface area contributed by atoms with E-state index in [4.69, 9.17) is 16.3 Å². The first kappa shape index (κ1) is 29.0. The minimum absolute atomic E-state index is 0.0417. The number of aromatic nitrogens is 2. The number of nitrogens with zero attached hydrogens (tertiary/aromatic N) is 3. The summed E-state index contributed by atoms with van der Waals surface area (Å²) in [7, 11) is 0. The van der Waals surface area contributed by atoms with Gasteiger partial charge >= 0.3 is 0 Å². The monoisotopic (exact) mass is 587 g/mol. The Morgan fingerprint density at radius 1 is 0.929 bits per heavy atom. The molecule has 1 aliphatic heterocycles. The van der Waals surface area contributed by atoms with Crippen LogP contribution >= 0.6 is 11.6 Å². The van der Waals surface area contributed by atoms with Gasteiger partial charge in [0.25, 0.3) is 17.4 Å². The van der Waals surface area contributed by atoms with Gasteiger partial charge in [0, 0.05) is 56.3 Å². The molecular formula is C31H30ClN5O5. The minimum Gasteiger partial charge on any atom is -0.506 e. The van der Waals surface area contributed by atoms with E-state index in [1.54, 1.807) is 47.2 Å². The zero-order chi connectivity index (χ0) is 29.5. The predicted molar refractivity (Wildman–Crippen MR) is 161 cm³/mol. The SMILES string of the molecule is O=C(Nc1c(O)cccc1C(=O)Nc1ccc(Cl)cn1)c1ccc(-c2cccn(CCN3CCCOCC3)c2=O)cc1. The van der Waals surface area contributed by atoms with Crippen molar-refractivity contribution in [2.24, 2.45) is 0 Å². The maximum atomic E-state index is 13.2. The number of phenolic OH excluding ortho intramolecular Hbond substituents is 1. The molecule has 0 radical (unpaired) electrons. The van der Waals surface area contributed by atoms with E-state index in [1.807, 2.05) is 6.07 Å². The first-order chi connectivity index (χ1) is 20.4. The molecule has 11 heteroatoms. The quantitative estimate of drug-likeness (QED) is 0.259. The van der Waals surface area contributed by atoms with Crippen LogP contribution in [0.1, 0.15) is 27.1 Å². The number of anilines is 2. The Hall–Kier alpha value is -4.51. The molecule has 1 fully saturated rings. The Kier molecular flexibility index (Phi) is 9.28. The smallest absolute Gasteiger partial charge is 0.259 e. The standard InChI is InChI=1S/C31H30ClN5O5/c32-23-11-12-27(33-20-23)34-30(40)25-4-1-6-26(38)28(25)35-29(39)22-9-7-21(8-10-22)24-5-2-14-37(31(24)41)16-15-36-13-3-18-42-19-17-36/h1-2,4-12,14,20,38H,3,13,15-19H2,(H,35,39)(H,33,34,40). The molecule has 0 aliphatic carbocycles. The van der Waals surface area contributed by atoms with Gasteiger partial charge in [0.2, 0.25) is 0 Å². The van der Waals surface area contributed by atoms with Crippen molar-refractivity contribution < 1.29 is 19.4 Å². The molecule has 0 bridgehead atoms. The van der Waals surface area contributed by atoms with Crippen LogP contribution in [0.15, 0.2) is 83.9 Å². The molecule has 1 aliphatic rings. The van der Waals surface area contributed by atoms with Crippen molar-refractivity contribution in [3.63, 3.8) is 0 Å². The number of para-hydroxylation sites is 1. The third-order valence-electron chi connectivity index (χ3n) is 6.94. The highest BCUT2D eigenvalue weighted by atomic mass is 35.5. The lowest BCUT2D eigenvalue weighted by atomic mass is 10.0. The van der Waals surface area contributed by atoms with Crippen LogP contribution in [-0.2, 0) is 11.3 Å². The van der Waals surface area contributed by atoms with Crippen LogP contribution < -0.4 is 16.2 Å². The molecule has 0 spiro atoms. The van der Waals surface area contributed by atoms with Gasteiger partial charge in [-0.05, 0) is 60.5 Å². The molecule has 2 aromatic carbocycles. The summed E-state index contributed by atoms with van der Waals surface area (Å²) >= 11 is 5.85. The third-order valence-corrected chi connectivity index (χ3v) is 7.17. The average Bonchev–Trinajstić information content (AvgIpc) is 3.28. The fourth-order valence-electron chi connectivity index (χ4n) is 4.68. The van der Waals surface area contributed by atoms with E-state index >= 15 is 0 Å². The molecule has 1 saturated heterocycles. The van der Waals surface area contributed by atoms with Gasteiger partial charge in [-0.2, -0.15) is 0 Å². The fourth-order valence-corrected chi connectivity index (χ4v) is 4.80. The van der Waals surface area contributed by atoms with Gasteiger partial charge < -0.3 is 25.0 Å². The molecule has 0 unspecified atom stereocenters. The number of ether oxygens (including phenoxy) is 1. The molecule has 5 rings (SSSR count). The van der Waals surface area contributed by atoms with E-state index in [1.165, 1.54) is 30.5 Å². The minimum atomic E-state index is -0.573. The largest absolute Gasteiger partial charge is 0.506 e. The third kappa shape index (κ3) is 7.03. The van der Waals surface area contributed by atoms with Gasteiger partial charge in [0.15, 0.2) is 0 Å². The highest BCUT2D eigenvalue weighted by Gasteiger charge is 2.19. The second-order valence-electron chi connectivity index (χ2n) is 9.77. The normalized spacial score (nSPS) is 13.7. The summed E-state index contributed by atoms with van der Waals surface area (Å²) in [6.45, 7) is 4.60. The second-order valence-corrected chi connectivity index (χ2v) is 10.2. The van der Waals surface area contributed by atoms with Crippen molar-refractivity contribution in [2.45, 2.75) is 13.0 Å². The number of hydrogen-bond donors (Lipinski definition) is 3. The van der Waals surface area contributed by atoms with Gasteiger partial charge in [0.1, 0.15) is 11.6 Å². The average molecular weight is 588 g/mol. The lowest BCUT2D eigenvalue weighted by molar-refractivity contribution is 0.102. The summed E-state index contributed by atoms with van der Waals surface area (Å²) in [5.41, 5.74) is 1.38. The number of rotatable bonds is 8. The summed E-state index contributed by atoms with van der Waals surface area (Å²) in [5, 5.41) is 16.1. The Balaban J connectivity index is 1.28. The number of benzene rings is 2. The summed E-state index contributed by atoms with van der Waals surface area (Å²) < 4.78 is 7.21. The first-order valence-electron chi connectivity index (χ1n) is 13.6. The van der Waals surface area contributed by atoms with Crippen molar-refractivity contribution in [3.05, 3.63) is 106 Å². The number of hydrogen-bond acceptors (Lipinski definition) is 7. The summed E-state index contributed by atoms with van der Waals surface area (Å²) in [4.78, 5) is 45.6. The zero-order valence-electron chi connectivity index (χ0n) is 22.8. The highest BCUT2D eigenvalue weighted by Crippen LogP contribution is 2.29. The number of carbonyl (C=O) groups is 2. The zero-order valence-corrected chi connectivity index (χ0v) is 23.5. The summed E-state index contributed by atoms with van der Waals surface area (Å²) in [6, 6.07) is 17.7. The van der Waals surface area contributed by atoms with E-state index in [-0.39, 0.29) is 33.9 Å². The molecular weight excluding hydrogens is 558 g/mol. The first-order valence-corrected chi connectivity index (χ1v) is 13.9. The maximum absolute atomic E-state index is 13.2. The van der Waals surface area contributed by atoms with E-state index in [0.717, 1.165) is 32.7 Å². The number of amides is 2. The Morgan fingerprint density at radius 2 is 1.76 bits per heavy atom. The molecule has 42 heavy (non-hydrogen) atoms. The Labute approximate surface area is 247 Å². The van der Waals surface area contributed by atoms with Crippen LogP contribution in [-0.4, -0.2) is 64.2 Å². The van der Waals surface area contributed by atoms with Crippen LogP contribution in [0.4, 0.5) is 11.5 Å². The molecule has 0 saturated carbocycles. The van der Waals surface area contributed by atoms with Crippen molar-refractivity contribution in [1.29, 1.82) is 0 Å². The van der Waals surface area contributed by atoms with Crippen LogP contribution in [0.2, 0.25) is 5.02 Å². The second kappa shape index (κ2) is 13.4. The number of nitrogens with one attached hydrogen (secondary N) is 2. The van der Waals surface area contributed by atoms with E-state index in [0.29, 0.717) is 29.3 Å². The van der Waals surface area contributed by atoms with Gasteiger partial charge in [-0.15, -0.1) is 0 Å². The maximum Gasteiger partial charge on any atom is 0.259 e. The summed E-state index contributed by atoms with van der Waals surface area (Å²) in [5.74, 6) is -1.11. The lowest BCUT2D eigenvalue weighted by Crippen LogP contribution is -2.32. The van der Waals surface area contributed by atoms with Crippen molar-refractivity contribution in [3.8, 4) is 16.9 Å². The van der Waals surface area contributed by atoms with Gasteiger partial charge in [-0.1, -0.05) is 29.8 Å². The Morgan fingerprint density at radius 3 is 2.55 bits per heavy atom. The molecule has 3 heterocycles. The summed E-state index contributed by atoms with van der Waals surface area (Å²) in [6.07, 6.45) is 4.16. The van der Waals surface area contributed by atoms with Crippen LogP contribution in [0.25, 0.3) is 11.1 Å². The van der Waals surface area contributed by atoms with Crippen molar-refractivity contribution >= 4 is 34.9 Å². The molecule has 2 amide bonds. The van der Waals surface area contributed by atoms with E-state index in [9.17, 15) is 19.5 Å². The van der Waals surface area contributed by atoms with Crippen molar-refractivity contribution in [1.82, 2.24) is 14.5 Å². The van der Waals surface area contributed by atoms with Gasteiger partial charge in [-0.25, -0.2) is 4.98 Å². The van der Waals surface area contributed by atoms with E-state index in [2.05, 4.69) is 20.5 Å². The van der Waals surface area contributed by atoms with Crippen LogP contribution in [0, 0.1) is 0 Å². The lowest BCUT2D eigenvalue weighted by Gasteiger charge is -2.19. The molecule has 10 nitrogen and oxygen atoms in total. The number of phenols is 1. The molecule has 2 aromatic heterocycles. The number of aromatic hydroxyl groups is 1. The van der Waals surface area contributed by atoms with Crippen LogP contribution in [0.5, 0.6) is 5.75 Å². The molecule has 0 atom stereocenters. The predicted octanol–water partition coefficient (Wildman–Crippen LogP) is 4.50. The Bertz CT molecular complexity index is 1610. The van der Waals surface area contributed by atoms with Crippen LogP contribution in [0.3, 0.4) is 0 Å². The highest BCUT2D eigenvalue weighted by molar-refractivity contribution is 6.30. The topological polar surface area (TPSA) is 126 Å². The number of carbonyl (C=O) groups excluding carboxylic acids is 2. The van der Waals surface area contributed by atoms with Gasteiger partial charge in [-0.3, -0.25) is 19.3 Å². The molecule has 3 N–H and O–H groups in total. The van der Waals surface area contributed by atoms with Gasteiger partial charge in [0.05, 0.1) is 22.9 Å². The number of pyridine rings is 2.